The van der Waals surface area contributed by atoms with Crippen LogP contribution in [0.3, 0.4) is 0 Å². The third kappa shape index (κ3) is 4.30. The summed E-state index contributed by atoms with van der Waals surface area (Å²) in [4.78, 5) is 23.3. The van der Waals surface area contributed by atoms with Crippen LogP contribution in [-0.2, 0) is 4.79 Å². The van der Waals surface area contributed by atoms with E-state index >= 15 is 0 Å². The second-order valence-corrected chi connectivity index (χ2v) is 5.09. The topological polar surface area (TPSA) is 69.2 Å². The Hall–Kier alpha value is -2.40. The SMILES string of the molecule is O=C(C[C@@H](Nc1ccc(F)cc1)C(=O)[O-])c1ccc(Cl)cc1. The smallest absolute Gasteiger partial charge is 0.165 e. The number of hydrogen-bond acceptors (Lipinski definition) is 4. The number of nitrogens with one attached hydrogen (secondary N) is 1. The Labute approximate surface area is 131 Å². The predicted molar refractivity (Wildman–Crippen MR) is 79.2 cm³/mol. The summed E-state index contributed by atoms with van der Waals surface area (Å²) in [6.45, 7) is 0. The van der Waals surface area contributed by atoms with Crippen LogP contribution in [0.25, 0.3) is 0 Å². The van der Waals surface area contributed by atoms with Crippen molar-refractivity contribution in [2.45, 2.75) is 12.5 Å². The minimum Gasteiger partial charge on any atom is -0.548 e. The molecule has 0 aliphatic carbocycles. The van der Waals surface area contributed by atoms with Crippen molar-refractivity contribution >= 4 is 29.0 Å². The van der Waals surface area contributed by atoms with E-state index in [1.165, 1.54) is 36.4 Å². The number of aliphatic carboxylic acids is 1. The maximum Gasteiger partial charge on any atom is 0.165 e. The molecule has 0 saturated carbocycles. The second-order valence-electron chi connectivity index (χ2n) is 4.66. The molecule has 114 valence electrons. The minimum atomic E-state index is -1.41. The van der Waals surface area contributed by atoms with Crippen molar-refractivity contribution in [3.8, 4) is 0 Å². The third-order valence-electron chi connectivity index (χ3n) is 3.03. The lowest BCUT2D eigenvalue weighted by Gasteiger charge is -2.20. The molecule has 0 radical (unpaired) electrons. The van der Waals surface area contributed by atoms with Gasteiger partial charge in [0.2, 0.25) is 0 Å². The molecule has 1 atom stereocenters. The van der Waals surface area contributed by atoms with E-state index in [9.17, 15) is 19.1 Å². The number of benzene rings is 2. The fraction of sp³-hybridized carbons (Fsp3) is 0.125. The molecule has 4 nitrogen and oxygen atoms in total. The number of carbonyl (C=O) groups is 2. The number of hydrogen-bond donors (Lipinski definition) is 1. The Morgan fingerprint density at radius 2 is 1.68 bits per heavy atom. The standard InChI is InChI=1S/C16H13ClFNO3/c17-11-3-1-10(2-4-11)15(20)9-14(16(21)22)19-13-7-5-12(18)6-8-13/h1-8,14,19H,9H2,(H,21,22)/p-1/t14-/m1/s1. The highest BCUT2D eigenvalue weighted by Crippen LogP contribution is 2.15. The molecule has 0 heterocycles. The Morgan fingerprint density at radius 3 is 2.23 bits per heavy atom. The molecule has 0 fully saturated rings. The van der Waals surface area contributed by atoms with Gasteiger partial charge in [0, 0.05) is 22.7 Å². The molecule has 0 spiro atoms. The zero-order valence-corrected chi connectivity index (χ0v) is 12.1. The summed E-state index contributed by atoms with van der Waals surface area (Å²) in [6, 6.07) is 10.1. The maximum atomic E-state index is 12.8. The van der Waals surface area contributed by atoms with Gasteiger partial charge < -0.3 is 15.2 Å². The second kappa shape index (κ2) is 7.04. The number of carboxylic acid groups (broad SMARTS) is 1. The van der Waals surface area contributed by atoms with Crippen LogP contribution in [0, 0.1) is 5.82 Å². The highest BCUT2D eigenvalue weighted by atomic mass is 35.5. The molecule has 22 heavy (non-hydrogen) atoms. The molecule has 0 saturated heterocycles. The molecule has 0 amide bonds. The fourth-order valence-corrected chi connectivity index (χ4v) is 2.01. The quantitative estimate of drug-likeness (QED) is 0.829. The predicted octanol–water partition coefficient (Wildman–Crippen LogP) is 2.28. The van der Waals surface area contributed by atoms with E-state index in [0.29, 0.717) is 16.3 Å². The van der Waals surface area contributed by atoms with Gasteiger partial charge in [-0.05, 0) is 48.5 Å². The molecule has 1 N–H and O–H groups in total. The van der Waals surface area contributed by atoms with E-state index in [1.54, 1.807) is 12.1 Å². The van der Waals surface area contributed by atoms with Crippen LogP contribution >= 0.6 is 11.6 Å². The lowest BCUT2D eigenvalue weighted by atomic mass is 10.0. The van der Waals surface area contributed by atoms with Crippen molar-refractivity contribution in [2.24, 2.45) is 0 Å². The van der Waals surface area contributed by atoms with Gasteiger partial charge >= 0.3 is 0 Å². The van der Waals surface area contributed by atoms with Crippen molar-refractivity contribution < 1.29 is 19.1 Å². The molecular weight excluding hydrogens is 309 g/mol. The van der Waals surface area contributed by atoms with Crippen molar-refractivity contribution in [1.82, 2.24) is 0 Å². The van der Waals surface area contributed by atoms with Gasteiger partial charge in [0.1, 0.15) is 5.82 Å². The Bertz CT molecular complexity index is 671. The van der Waals surface area contributed by atoms with Crippen LogP contribution in [0.4, 0.5) is 10.1 Å². The van der Waals surface area contributed by atoms with E-state index in [2.05, 4.69) is 5.32 Å². The molecule has 2 aromatic carbocycles. The molecule has 0 aliphatic heterocycles. The van der Waals surface area contributed by atoms with Gasteiger partial charge in [0.25, 0.3) is 0 Å². The number of rotatable bonds is 6. The number of anilines is 1. The number of carbonyl (C=O) groups excluding carboxylic acids is 2. The molecule has 2 aromatic rings. The van der Waals surface area contributed by atoms with Crippen LogP contribution in [0.15, 0.2) is 48.5 Å². The summed E-state index contributed by atoms with van der Waals surface area (Å²) in [6.07, 6.45) is -0.290. The van der Waals surface area contributed by atoms with Crippen molar-refractivity contribution in [2.75, 3.05) is 5.32 Å². The van der Waals surface area contributed by atoms with Gasteiger partial charge in [-0.2, -0.15) is 0 Å². The Kier molecular flexibility index (Phi) is 5.12. The summed E-state index contributed by atoms with van der Waals surface area (Å²) in [5.41, 5.74) is 0.746. The minimum absolute atomic E-state index is 0.290. The van der Waals surface area contributed by atoms with Gasteiger partial charge in [0.15, 0.2) is 5.78 Å². The zero-order chi connectivity index (χ0) is 16.1. The summed E-state index contributed by atoms with van der Waals surface area (Å²) in [5.74, 6) is -2.21. The van der Waals surface area contributed by atoms with E-state index in [4.69, 9.17) is 11.6 Å². The lowest BCUT2D eigenvalue weighted by molar-refractivity contribution is -0.306. The average molecular weight is 321 g/mol. The lowest BCUT2D eigenvalue weighted by Crippen LogP contribution is -2.42. The van der Waals surface area contributed by atoms with E-state index in [1.807, 2.05) is 0 Å². The number of ketones is 1. The summed E-state index contributed by atoms with van der Waals surface area (Å²) in [7, 11) is 0. The highest BCUT2D eigenvalue weighted by Gasteiger charge is 2.16. The number of Topliss-reactive ketones (excluding diaryl/α,β-unsaturated/α-hetero) is 1. The van der Waals surface area contributed by atoms with Crippen LogP contribution in [0.2, 0.25) is 5.02 Å². The molecule has 2 rings (SSSR count). The Morgan fingerprint density at radius 1 is 1.09 bits per heavy atom. The van der Waals surface area contributed by atoms with Crippen LogP contribution in [0.5, 0.6) is 0 Å². The maximum absolute atomic E-state index is 12.8. The summed E-state index contributed by atoms with van der Waals surface area (Å²) >= 11 is 5.73. The van der Waals surface area contributed by atoms with Gasteiger partial charge in [-0.3, -0.25) is 4.79 Å². The largest absolute Gasteiger partial charge is 0.548 e. The van der Waals surface area contributed by atoms with Crippen molar-refractivity contribution in [3.63, 3.8) is 0 Å². The number of halogens is 2. The van der Waals surface area contributed by atoms with Crippen LogP contribution in [0.1, 0.15) is 16.8 Å². The normalized spacial score (nSPS) is 11.7. The van der Waals surface area contributed by atoms with E-state index in [-0.39, 0.29) is 12.2 Å². The molecule has 0 aromatic heterocycles. The summed E-state index contributed by atoms with van der Waals surface area (Å²) < 4.78 is 12.8. The van der Waals surface area contributed by atoms with Crippen LogP contribution < -0.4 is 10.4 Å². The fourth-order valence-electron chi connectivity index (χ4n) is 1.88. The average Bonchev–Trinajstić information content (AvgIpc) is 2.49. The monoisotopic (exact) mass is 320 g/mol. The first-order chi connectivity index (χ1) is 10.5. The third-order valence-corrected chi connectivity index (χ3v) is 3.28. The van der Waals surface area contributed by atoms with Crippen molar-refractivity contribution in [3.05, 3.63) is 64.9 Å². The summed E-state index contributed by atoms with van der Waals surface area (Å²) in [5, 5.41) is 14.3. The van der Waals surface area contributed by atoms with E-state index in [0.717, 1.165) is 0 Å². The van der Waals surface area contributed by atoms with E-state index < -0.39 is 17.8 Å². The number of carboxylic acids is 1. The molecule has 0 aliphatic rings. The van der Waals surface area contributed by atoms with Gasteiger partial charge in [-0.15, -0.1) is 0 Å². The first-order valence-corrected chi connectivity index (χ1v) is 6.85. The molecule has 0 bridgehead atoms. The van der Waals surface area contributed by atoms with Gasteiger partial charge in [0.05, 0.1) is 12.0 Å². The first-order valence-electron chi connectivity index (χ1n) is 6.47. The Balaban J connectivity index is 2.08. The first kappa shape index (κ1) is 16.0. The zero-order valence-electron chi connectivity index (χ0n) is 11.4. The van der Waals surface area contributed by atoms with Gasteiger partial charge in [-0.25, -0.2) is 4.39 Å². The highest BCUT2D eigenvalue weighted by molar-refractivity contribution is 6.30. The molecular formula is C16H12ClFNO3-. The van der Waals surface area contributed by atoms with Crippen molar-refractivity contribution in [1.29, 1.82) is 0 Å². The molecule has 0 unspecified atom stereocenters. The van der Waals surface area contributed by atoms with Gasteiger partial charge in [-0.1, -0.05) is 11.6 Å². The van der Waals surface area contributed by atoms with Crippen LogP contribution in [-0.4, -0.2) is 17.8 Å². The molecule has 6 heteroatoms.